The van der Waals surface area contributed by atoms with Crippen LogP contribution in [-0.4, -0.2) is 42.0 Å². The summed E-state index contributed by atoms with van der Waals surface area (Å²) >= 11 is 0. The first-order chi connectivity index (χ1) is 8.00. The standard InChI is InChI=1S/C10H15N5O2/c1-14(2)3-4-15-5-12-7-6(11)9(16)13-10(17)8(7)15/h5-6H,3-4,11H2,1-2H3,(H,13,16,17)/p+2. The van der Waals surface area contributed by atoms with Crippen molar-refractivity contribution in [3.05, 3.63) is 17.7 Å². The number of nitrogens with one attached hydrogen (secondary N) is 2. The van der Waals surface area contributed by atoms with Crippen LogP contribution in [0.2, 0.25) is 0 Å². The minimum Gasteiger partial charge on any atom is -0.342 e. The lowest BCUT2D eigenvalue weighted by Gasteiger charge is -2.16. The molecule has 1 aliphatic rings. The third-order valence-electron chi connectivity index (χ3n) is 2.82. The predicted molar refractivity (Wildman–Crippen MR) is 58.0 cm³/mol. The van der Waals surface area contributed by atoms with E-state index < -0.39 is 6.04 Å². The van der Waals surface area contributed by atoms with E-state index in [4.69, 9.17) is 0 Å². The van der Waals surface area contributed by atoms with Crippen molar-refractivity contribution in [3.8, 4) is 0 Å². The van der Waals surface area contributed by atoms with Gasteiger partial charge in [0.1, 0.15) is 11.4 Å². The SMILES string of the molecule is C[NH+](C)CCn1cnc2c1C(=O)NC(=O)C2[NH3+]. The van der Waals surface area contributed by atoms with Crippen molar-refractivity contribution < 1.29 is 20.2 Å². The number of imide groups is 1. The van der Waals surface area contributed by atoms with Crippen LogP contribution in [0.25, 0.3) is 0 Å². The van der Waals surface area contributed by atoms with E-state index >= 15 is 0 Å². The van der Waals surface area contributed by atoms with Crippen molar-refractivity contribution in [2.45, 2.75) is 12.6 Å². The van der Waals surface area contributed by atoms with E-state index in [1.807, 2.05) is 14.1 Å². The molecule has 0 aromatic carbocycles. The smallest absolute Gasteiger partial charge is 0.291 e. The Bertz CT molecular complexity index is 465. The number of hydrogen-bond acceptors (Lipinski definition) is 3. The zero-order valence-corrected chi connectivity index (χ0v) is 9.99. The molecule has 7 nitrogen and oxygen atoms in total. The number of imidazole rings is 1. The van der Waals surface area contributed by atoms with Crippen LogP contribution < -0.4 is 16.0 Å². The molecule has 0 fully saturated rings. The van der Waals surface area contributed by atoms with E-state index in [2.05, 4.69) is 16.0 Å². The number of amides is 2. The maximum Gasteiger partial charge on any atom is 0.291 e. The molecule has 1 aliphatic heterocycles. The van der Waals surface area contributed by atoms with E-state index in [1.165, 1.54) is 4.90 Å². The van der Waals surface area contributed by atoms with Gasteiger partial charge in [0.05, 0.1) is 33.5 Å². The van der Waals surface area contributed by atoms with Crippen molar-refractivity contribution in [1.82, 2.24) is 14.9 Å². The van der Waals surface area contributed by atoms with E-state index in [0.717, 1.165) is 6.54 Å². The molecule has 0 saturated carbocycles. The van der Waals surface area contributed by atoms with Gasteiger partial charge in [-0.1, -0.05) is 0 Å². The molecule has 1 aromatic rings. The van der Waals surface area contributed by atoms with E-state index in [1.54, 1.807) is 10.9 Å². The first-order valence-corrected chi connectivity index (χ1v) is 5.53. The minimum absolute atomic E-state index is 0.379. The van der Waals surface area contributed by atoms with E-state index in [0.29, 0.717) is 17.9 Å². The second kappa shape index (κ2) is 4.27. The Morgan fingerprint density at radius 1 is 1.53 bits per heavy atom. The van der Waals surface area contributed by atoms with Crippen molar-refractivity contribution in [2.75, 3.05) is 20.6 Å². The fraction of sp³-hybridized carbons (Fsp3) is 0.500. The average Bonchev–Trinajstić information content (AvgIpc) is 2.67. The van der Waals surface area contributed by atoms with Gasteiger partial charge in [0.25, 0.3) is 11.8 Å². The number of rotatable bonds is 3. The highest BCUT2D eigenvalue weighted by Crippen LogP contribution is 2.17. The summed E-state index contributed by atoms with van der Waals surface area (Å²) in [5.41, 5.74) is 4.66. The molecule has 2 amide bonds. The highest BCUT2D eigenvalue weighted by molar-refractivity contribution is 6.09. The maximum atomic E-state index is 11.7. The molecule has 7 heteroatoms. The fourth-order valence-corrected chi connectivity index (χ4v) is 1.80. The van der Waals surface area contributed by atoms with Crippen molar-refractivity contribution in [3.63, 3.8) is 0 Å². The minimum atomic E-state index is -0.601. The zero-order valence-electron chi connectivity index (χ0n) is 9.99. The van der Waals surface area contributed by atoms with Gasteiger partial charge >= 0.3 is 0 Å². The van der Waals surface area contributed by atoms with Crippen LogP contribution in [0.3, 0.4) is 0 Å². The Morgan fingerprint density at radius 3 is 2.88 bits per heavy atom. The van der Waals surface area contributed by atoms with Gasteiger partial charge in [-0.2, -0.15) is 0 Å². The summed E-state index contributed by atoms with van der Waals surface area (Å²) in [6.45, 7) is 1.57. The molecule has 2 rings (SSSR count). The van der Waals surface area contributed by atoms with E-state index in [-0.39, 0.29) is 11.8 Å². The molecule has 0 radical (unpaired) electrons. The topological polar surface area (TPSA) is 96.1 Å². The monoisotopic (exact) mass is 239 g/mol. The summed E-state index contributed by atoms with van der Waals surface area (Å²) in [6, 6.07) is -0.601. The first-order valence-electron chi connectivity index (χ1n) is 5.53. The number of aromatic nitrogens is 2. The van der Waals surface area contributed by atoms with Gasteiger partial charge in [0.15, 0.2) is 0 Å². The summed E-state index contributed by atoms with van der Waals surface area (Å²) in [7, 11) is 4.08. The molecule has 92 valence electrons. The molecule has 1 unspecified atom stereocenters. The normalized spacial score (nSPS) is 19.4. The van der Waals surface area contributed by atoms with Crippen molar-refractivity contribution in [2.24, 2.45) is 0 Å². The van der Waals surface area contributed by atoms with Crippen molar-refractivity contribution >= 4 is 11.8 Å². The van der Waals surface area contributed by atoms with Crippen LogP contribution >= 0.6 is 0 Å². The van der Waals surface area contributed by atoms with Gasteiger partial charge < -0.3 is 15.2 Å². The van der Waals surface area contributed by atoms with Crippen LogP contribution in [0.4, 0.5) is 0 Å². The lowest BCUT2D eigenvalue weighted by atomic mass is 10.1. The number of quaternary nitrogens is 2. The maximum absolute atomic E-state index is 11.7. The first kappa shape index (κ1) is 11.7. The second-order valence-electron chi connectivity index (χ2n) is 4.50. The second-order valence-corrected chi connectivity index (χ2v) is 4.50. The number of hydrogen-bond donors (Lipinski definition) is 3. The number of nitrogens with zero attached hydrogens (tertiary/aromatic N) is 2. The van der Waals surface area contributed by atoms with Gasteiger partial charge in [-0.25, -0.2) is 4.98 Å². The van der Waals surface area contributed by atoms with Gasteiger partial charge in [0.2, 0.25) is 6.04 Å². The fourth-order valence-electron chi connectivity index (χ4n) is 1.80. The van der Waals surface area contributed by atoms with E-state index in [9.17, 15) is 9.59 Å². The summed E-state index contributed by atoms with van der Waals surface area (Å²) in [4.78, 5) is 28.5. The Morgan fingerprint density at radius 2 is 2.24 bits per heavy atom. The summed E-state index contributed by atoms with van der Waals surface area (Å²) in [6.07, 6.45) is 1.60. The predicted octanol–water partition coefficient (Wildman–Crippen LogP) is -3.42. The van der Waals surface area contributed by atoms with Gasteiger partial charge in [-0.15, -0.1) is 0 Å². The van der Waals surface area contributed by atoms with Crippen LogP contribution in [-0.2, 0) is 11.3 Å². The van der Waals surface area contributed by atoms with Crippen LogP contribution in [0, 0.1) is 0 Å². The average molecular weight is 239 g/mol. The van der Waals surface area contributed by atoms with Crippen LogP contribution in [0.5, 0.6) is 0 Å². The Hall–Kier alpha value is -1.73. The van der Waals surface area contributed by atoms with Crippen LogP contribution in [0.15, 0.2) is 6.33 Å². The Kier molecular flexibility index (Phi) is 2.95. The summed E-state index contributed by atoms with van der Waals surface area (Å²) in [5.74, 6) is -0.762. The third-order valence-corrected chi connectivity index (χ3v) is 2.82. The Balaban J connectivity index is 2.30. The molecule has 1 atom stereocenters. The van der Waals surface area contributed by atoms with Gasteiger partial charge in [-0.05, 0) is 0 Å². The molecule has 0 aliphatic carbocycles. The zero-order chi connectivity index (χ0) is 12.6. The molecular formula is C10H17N5O2+2. The Labute approximate surface area is 98.6 Å². The summed E-state index contributed by atoms with van der Waals surface area (Å²) < 4.78 is 1.78. The number of fused-ring (bicyclic) bond motifs is 1. The molecular weight excluding hydrogens is 222 g/mol. The van der Waals surface area contributed by atoms with Gasteiger partial charge in [-0.3, -0.25) is 14.9 Å². The van der Waals surface area contributed by atoms with Crippen molar-refractivity contribution in [1.29, 1.82) is 0 Å². The highest BCUT2D eigenvalue weighted by atomic mass is 16.2. The lowest BCUT2D eigenvalue weighted by molar-refractivity contribution is -0.858. The molecule has 0 saturated heterocycles. The number of carbonyl (C=O) groups is 2. The van der Waals surface area contributed by atoms with Gasteiger partial charge in [0, 0.05) is 0 Å². The largest absolute Gasteiger partial charge is 0.342 e. The molecule has 0 spiro atoms. The molecule has 1 aromatic heterocycles. The van der Waals surface area contributed by atoms with Crippen LogP contribution in [0.1, 0.15) is 22.2 Å². The lowest BCUT2D eigenvalue weighted by Crippen LogP contribution is -3.06. The molecule has 17 heavy (non-hydrogen) atoms. The number of carbonyl (C=O) groups excluding carboxylic acids is 2. The quantitative estimate of drug-likeness (QED) is 0.479. The third kappa shape index (κ3) is 2.06. The molecule has 2 heterocycles. The number of likely N-dealkylation sites (N-methyl/N-ethyl adjacent to an activating group) is 1. The molecule has 0 bridgehead atoms. The molecule has 5 N–H and O–H groups in total. The highest BCUT2D eigenvalue weighted by Gasteiger charge is 2.36. The summed E-state index contributed by atoms with van der Waals surface area (Å²) in [5, 5.41) is 2.29.